The van der Waals surface area contributed by atoms with Gasteiger partial charge in [0.1, 0.15) is 12.4 Å². The Kier molecular flexibility index (Phi) is 13.0. The molecule has 6 heteroatoms. The third kappa shape index (κ3) is 9.09. The molecule has 1 aromatic carbocycles. The molecule has 0 saturated heterocycles. The van der Waals surface area contributed by atoms with Crippen LogP contribution in [-0.4, -0.2) is 45.9 Å². The van der Waals surface area contributed by atoms with Crippen molar-refractivity contribution in [3.05, 3.63) is 29.8 Å². The van der Waals surface area contributed by atoms with Gasteiger partial charge < -0.3 is 20.1 Å². The van der Waals surface area contributed by atoms with E-state index in [0.29, 0.717) is 13.2 Å². The van der Waals surface area contributed by atoms with Crippen LogP contribution in [0.4, 0.5) is 0 Å². The molecule has 0 aliphatic carbocycles. The Morgan fingerprint density at radius 3 is 2.55 bits per heavy atom. The first-order valence-corrected chi connectivity index (χ1v) is 7.48. The number of para-hydroxylation sites is 1. The van der Waals surface area contributed by atoms with Gasteiger partial charge in [-0.2, -0.15) is 0 Å². The molecular weight excluding hydrogens is 393 g/mol. The van der Waals surface area contributed by atoms with Crippen molar-refractivity contribution in [3.8, 4) is 5.75 Å². The van der Waals surface area contributed by atoms with E-state index in [1.54, 1.807) is 7.05 Å². The molecule has 1 rings (SSSR count). The molecule has 0 fully saturated rings. The number of rotatable bonds is 9. The van der Waals surface area contributed by atoms with Gasteiger partial charge in [0.25, 0.3) is 0 Å². The van der Waals surface area contributed by atoms with Gasteiger partial charge in [-0.3, -0.25) is 4.99 Å². The average molecular weight is 421 g/mol. The lowest BCUT2D eigenvalue weighted by Gasteiger charge is -2.13. The molecule has 0 heterocycles. The van der Waals surface area contributed by atoms with Crippen molar-refractivity contribution in [1.29, 1.82) is 0 Å². The minimum atomic E-state index is 0. The number of hydrogen-bond acceptors (Lipinski definition) is 3. The molecule has 126 valence electrons. The molecule has 2 N–H and O–H groups in total. The molecule has 0 aliphatic heterocycles. The molecule has 0 amide bonds. The van der Waals surface area contributed by atoms with Crippen LogP contribution in [0.1, 0.15) is 18.9 Å². The fourth-order valence-electron chi connectivity index (χ4n) is 1.79. The van der Waals surface area contributed by atoms with Gasteiger partial charge >= 0.3 is 0 Å². The van der Waals surface area contributed by atoms with Crippen molar-refractivity contribution >= 4 is 29.9 Å². The fraction of sp³-hybridized carbons (Fsp3) is 0.562. The Labute approximate surface area is 150 Å². The van der Waals surface area contributed by atoms with Crippen molar-refractivity contribution in [3.63, 3.8) is 0 Å². The molecule has 0 atom stereocenters. The molecule has 0 spiro atoms. The highest BCUT2D eigenvalue weighted by Gasteiger charge is 1.99. The Bertz CT molecular complexity index is 428. The first-order chi connectivity index (χ1) is 10.3. The molecule has 1 aromatic rings. The van der Waals surface area contributed by atoms with E-state index in [1.165, 1.54) is 0 Å². The summed E-state index contributed by atoms with van der Waals surface area (Å²) in [7, 11) is 1.76. The van der Waals surface area contributed by atoms with Crippen molar-refractivity contribution in [2.75, 3.05) is 40.0 Å². The highest BCUT2D eigenvalue weighted by molar-refractivity contribution is 14.0. The maximum absolute atomic E-state index is 5.72. The smallest absolute Gasteiger partial charge is 0.191 e. The van der Waals surface area contributed by atoms with E-state index in [4.69, 9.17) is 9.47 Å². The molecule has 22 heavy (non-hydrogen) atoms. The molecule has 0 radical (unpaired) electrons. The highest BCUT2D eigenvalue weighted by Crippen LogP contribution is 2.15. The monoisotopic (exact) mass is 421 g/mol. The summed E-state index contributed by atoms with van der Waals surface area (Å²) in [5, 5.41) is 6.46. The van der Waals surface area contributed by atoms with Crippen LogP contribution < -0.4 is 15.4 Å². The standard InChI is InChI=1S/C16H27N3O2.HI/c1-4-20-12-7-10-18-16(17-3)19-11-13-21-15-9-6-5-8-14(15)2;/h5-6,8-9H,4,7,10-13H2,1-3H3,(H2,17,18,19);1H. The zero-order valence-corrected chi connectivity index (χ0v) is 16.1. The van der Waals surface area contributed by atoms with Crippen molar-refractivity contribution in [1.82, 2.24) is 10.6 Å². The van der Waals surface area contributed by atoms with Gasteiger partial charge in [0.15, 0.2) is 5.96 Å². The third-order valence-corrected chi connectivity index (χ3v) is 2.93. The zero-order chi connectivity index (χ0) is 15.3. The second kappa shape index (κ2) is 13.6. The van der Waals surface area contributed by atoms with Crippen molar-refractivity contribution in [2.45, 2.75) is 20.3 Å². The Balaban J connectivity index is 0.00000441. The van der Waals surface area contributed by atoms with Gasteiger partial charge in [-0.1, -0.05) is 18.2 Å². The van der Waals surface area contributed by atoms with Crippen LogP contribution in [0.5, 0.6) is 5.75 Å². The first-order valence-electron chi connectivity index (χ1n) is 7.48. The minimum Gasteiger partial charge on any atom is -0.491 e. The van der Waals surface area contributed by atoms with Crippen LogP contribution in [0.15, 0.2) is 29.3 Å². The summed E-state index contributed by atoms with van der Waals surface area (Å²) in [6, 6.07) is 8.01. The third-order valence-electron chi connectivity index (χ3n) is 2.93. The topological polar surface area (TPSA) is 54.9 Å². The molecule has 5 nitrogen and oxygen atoms in total. The summed E-state index contributed by atoms with van der Waals surface area (Å²) < 4.78 is 11.0. The van der Waals surface area contributed by atoms with E-state index >= 15 is 0 Å². The largest absolute Gasteiger partial charge is 0.491 e. The van der Waals surface area contributed by atoms with Crippen LogP contribution in [0, 0.1) is 6.92 Å². The molecule has 0 bridgehead atoms. The van der Waals surface area contributed by atoms with Gasteiger partial charge in [-0.15, -0.1) is 24.0 Å². The summed E-state index contributed by atoms with van der Waals surface area (Å²) in [6.07, 6.45) is 0.967. The second-order valence-electron chi connectivity index (χ2n) is 4.59. The van der Waals surface area contributed by atoms with E-state index in [2.05, 4.69) is 15.6 Å². The Hall–Kier alpha value is -1.02. The number of ether oxygens (including phenoxy) is 2. The van der Waals surface area contributed by atoms with Gasteiger partial charge in [-0.05, 0) is 31.9 Å². The quantitative estimate of drug-likeness (QED) is 0.279. The molecule has 0 aromatic heterocycles. The normalized spacial score (nSPS) is 10.8. The number of nitrogens with one attached hydrogen (secondary N) is 2. The minimum absolute atomic E-state index is 0. The molecule has 0 aliphatic rings. The van der Waals surface area contributed by atoms with Crippen molar-refractivity contribution < 1.29 is 9.47 Å². The van der Waals surface area contributed by atoms with E-state index < -0.39 is 0 Å². The maximum Gasteiger partial charge on any atom is 0.191 e. The number of nitrogens with zero attached hydrogens (tertiary/aromatic N) is 1. The summed E-state index contributed by atoms with van der Waals surface area (Å²) in [5.74, 6) is 1.72. The van der Waals surface area contributed by atoms with Crippen LogP contribution in [0.25, 0.3) is 0 Å². The maximum atomic E-state index is 5.72. The summed E-state index contributed by atoms with van der Waals surface area (Å²) >= 11 is 0. The Morgan fingerprint density at radius 1 is 1.14 bits per heavy atom. The molecular formula is C16H28IN3O2. The van der Waals surface area contributed by atoms with Gasteiger partial charge in [0, 0.05) is 26.8 Å². The Morgan fingerprint density at radius 2 is 1.86 bits per heavy atom. The predicted octanol–water partition coefficient (Wildman–Crippen LogP) is 2.58. The van der Waals surface area contributed by atoms with E-state index in [-0.39, 0.29) is 24.0 Å². The van der Waals surface area contributed by atoms with Crippen LogP contribution in [0.2, 0.25) is 0 Å². The van der Waals surface area contributed by atoms with E-state index in [9.17, 15) is 0 Å². The average Bonchev–Trinajstić information content (AvgIpc) is 2.50. The highest BCUT2D eigenvalue weighted by atomic mass is 127. The van der Waals surface area contributed by atoms with Crippen molar-refractivity contribution in [2.24, 2.45) is 4.99 Å². The van der Waals surface area contributed by atoms with Crippen LogP contribution >= 0.6 is 24.0 Å². The first kappa shape index (κ1) is 21.0. The van der Waals surface area contributed by atoms with E-state index in [1.807, 2.05) is 38.1 Å². The number of benzene rings is 1. The van der Waals surface area contributed by atoms with Gasteiger partial charge in [-0.25, -0.2) is 0 Å². The number of guanidine groups is 1. The van der Waals surface area contributed by atoms with Crippen LogP contribution in [-0.2, 0) is 4.74 Å². The lowest BCUT2D eigenvalue weighted by Crippen LogP contribution is -2.39. The number of halogens is 1. The van der Waals surface area contributed by atoms with Gasteiger partial charge in [0.2, 0.25) is 0 Å². The molecule has 0 unspecified atom stereocenters. The second-order valence-corrected chi connectivity index (χ2v) is 4.59. The summed E-state index contributed by atoms with van der Waals surface area (Å²) in [5.41, 5.74) is 1.15. The summed E-state index contributed by atoms with van der Waals surface area (Å²) in [6.45, 7) is 7.74. The number of hydrogen-bond donors (Lipinski definition) is 2. The fourth-order valence-corrected chi connectivity index (χ4v) is 1.79. The predicted molar refractivity (Wildman–Crippen MR) is 103 cm³/mol. The van der Waals surface area contributed by atoms with E-state index in [0.717, 1.165) is 43.5 Å². The summed E-state index contributed by atoms with van der Waals surface area (Å²) in [4.78, 5) is 4.17. The lowest BCUT2D eigenvalue weighted by atomic mass is 10.2. The van der Waals surface area contributed by atoms with Crippen LogP contribution in [0.3, 0.4) is 0 Å². The zero-order valence-electron chi connectivity index (χ0n) is 13.7. The molecule has 0 saturated carbocycles. The SMILES string of the molecule is CCOCCCNC(=NC)NCCOc1ccccc1C.I. The number of aliphatic imine (C=N–C) groups is 1. The van der Waals surface area contributed by atoms with Gasteiger partial charge in [0.05, 0.1) is 6.54 Å². The lowest BCUT2D eigenvalue weighted by molar-refractivity contribution is 0.145. The number of aryl methyl sites for hydroxylation is 1.